The minimum atomic E-state index is -3.00. The predicted molar refractivity (Wildman–Crippen MR) is 206 cm³/mol. The Labute approximate surface area is 312 Å². The summed E-state index contributed by atoms with van der Waals surface area (Å²) in [4.78, 5) is 30.1. The molecule has 0 unspecified atom stereocenters. The molecule has 2 aliphatic rings. The third-order valence-electron chi connectivity index (χ3n) is 11.2. The number of aliphatic hydroxyl groups is 1. The Balaban J connectivity index is 1.55. The van der Waals surface area contributed by atoms with Crippen LogP contribution in [0.15, 0.2) is 109 Å². The van der Waals surface area contributed by atoms with Gasteiger partial charge >= 0.3 is 5.97 Å². The van der Waals surface area contributed by atoms with Gasteiger partial charge in [-0.15, -0.1) is 0 Å². The minimum absolute atomic E-state index is 0.154. The molecule has 1 amide bonds. The van der Waals surface area contributed by atoms with E-state index in [4.69, 9.17) is 27.6 Å². The second-order valence-electron chi connectivity index (χ2n) is 15.4. The number of carbonyl (C=O) groups is 2. The summed E-state index contributed by atoms with van der Waals surface area (Å²) < 4.78 is 7.53. The van der Waals surface area contributed by atoms with Crippen molar-refractivity contribution in [3.63, 3.8) is 0 Å². The normalized spacial score (nSPS) is 22.4. The molecule has 1 saturated carbocycles. The predicted octanol–water partition coefficient (Wildman–Crippen LogP) is 8.11. The van der Waals surface area contributed by atoms with E-state index in [9.17, 15) is 15.0 Å². The van der Waals surface area contributed by atoms with Crippen LogP contribution in [-0.4, -0.2) is 54.6 Å². The highest BCUT2D eigenvalue weighted by atomic mass is 35.5. The van der Waals surface area contributed by atoms with E-state index in [0.29, 0.717) is 10.0 Å². The van der Waals surface area contributed by atoms with Crippen LogP contribution in [0.4, 0.5) is 0 Å². The molecule has 51 heavy (non-hydrogen) atoms. The molecule has 9 heteroatoms. The molecule has 5 atom stereocenters. The Bertz CT molecular complexity index is 1790. The van der Waals surface area contributed by atoms with Gasteiger partial charge in [-0.1, -0.05) is 129 Å². The molecule has 6 nitrogen and oxygen atoms in total. The molecule has 4 aromatic carbocycles. The summed E-state index contributed by atoms with van der Waals surface area (Å²) in [5.74, 6) is -2.98. The third kappa shape index (κ3) is 7.16. The molecule has 2 fully saturated rings. The number of benzene rings is 4. The summed E-state index contributed by atoms with van der Waals surface area (Å²) in [6.45, 7) is 8.02. The van der Waals surface area contributed by atoms with Crippen LogP contribution >= 0.6 is 23.2 Å². The van der Waals surface area contributed by atoms with E-state index in [1.54, 1.807) is 6.92 Å². The van der Waals surface area contributed by atoms with Crippen LogP contribution in [0.3, 0.4) is 0 Å². The number of aliphatic carboxylic acids is 1. The molecule has 0 spiro atoms. The quantitative estimate of drug-likeness (QED) is 0.143. The molecular weight excluding hydrogens is 697 g/mol. The lowest BCUT2D eigenvalue weighted by atomic mass is 9.63. The van der Waals surface area contributed by atoms with Crippen molar-refractivity contribution in [2.45, 2.75) is 70.0 Å². The van der Waals surface area contributed by atoms with Crippen LogP contribution in [0.1, 0.15) is 70.0 Å². The number of hydrogen-bond acceptors (Lipinski definition) is 4. The van der Waals surface area contributed by atoms with Crippen LogP contribution in [0.25, 0.3) is 0 Å². The van der Waals surface area contributed by atoms with Crippen molar-refractivity contribution in [1.82, 2.24) is 4.90 Å². The van der Waals surface area contributed by atoms with E-state index in [2.05, 4.69) is 69.3 Å². The average Bonchev–Trinajstić information content (AvgIpc) is 3.95. The van der Waals surface area contributed by atoms with Crippen molar-refractivity contribution in [3.05, 3.63) is 130 Å². The van der Waals surface area contributed by atoms with Crippen LogP contribution in [0.5, 0.6) is 0 Å². The van der Waals surface area contributed by atoms with Gasteiger partial charge in [0.1, 0.15) is 0 Å². The number of nitrogens with zero attached hydrogens (tertiary/aromatic N) is 1. The topological polar surface area (TPSA) is 87.1 Å². The average molecular weight is 745 g/mol. The summed E-state index contributed by atoms with van der Waals surface area (Å²) in [7, 11) is -3.00. The van der Waals surface area contributed by atoms with E-state index in [0.717, 1.165) is 34.3 Å². The molecule has 4 aromatic rings. The molecule has 0 bridgehead atoms. The van der Waals surface area contributed by atoms with Crippen LogP contribution in [0, 0.1) is 17.3 Å². The van der Waals surface area contributed by atoms with Crippen LogP contribution < -0.4 is 10.4 Å². The van der Waals surface area contributed by atoms with Gasteiger partial charge in [-0.3, -0.25) is 9.59 Å². The highest BCUT2D eigenvalue weighted by Gasteiger charge is 2.59. The first-order chi connectivity index (χ1) is 24.3. The van der Waals surface area contributed by atoms with E-state index >= 15 is 4.79 Å². The van der Waals surface area contributed by atoms with Crippen LogP contribution in [0.2, 0.25) is 15.1 Å². The lowest BCUT2D eigenvalue weighted by Crippen LogP contribution is -2.68. The number of amides is 1. The first-order valence-corrected chi connectivity index (χ1v) is 20.4. The van der Waals surface area contributed by atoms with Gasteiger partial charge in [-0.25, -0.2) is 0 Å². The smallest absolute Gasteiger partial charge is 0.309 e. The van der Waals surface area contributed by atoms with Crippen molar-refractivity contribution >= 4 is 53.8 Å². The maximum absolute atomic E-state index is 15.3. The number of carbonyl (C=O) groups excluding carboxylic acids is 1. The van der Waals surface area contributed by atoms with Gasteiger partial charge in [0.15, 0.2) is 0 Å². The van der Waals surface area contributed by atoms with E-state index in [1.165, 1.54) is 0 Å². The van der Waals surface area contributed by atoms with E-state index < -0.39 is 38.3 Å². The summed E-state index contributed by atoms with van der Waals surface area (Å²) in [6.07, 6.45) is 2.06. The van der Waals surface area contributed by atoms with Crippen molar-refractivity contribution in [2.24, 2.45) is 17.3 Å². The standard InChI is InChI=1S/C42H47Cl2NO5Si/c1-41(2,3)51(33-14-7-5-8-15-33,34-16-9-6-10-17-34)50-27-37(28-18-19-28)45-38(29-20-22-31(43)23-21-29)35(30-12-11-13-32(44)24-30)25-42(4,40(45)49)36(26-46)39(47)48/h5-17,20-24,28,35-38,46H,18-19,25-27H2,1-4H3,(H,47,48)/t35-,36+,37-,38-,42-/m1/s1. The lowest BCUT2D eigenvalue weighted by Gasteiger charge is -2.54. The third-order valence-corrected chi connectivity index (χ3v) is 16.7. The number of piperidine rings is 1. The van der Waals surface area contributed by atoms with Crippen molar-refractivity contribution in [1.29, 1.82) is 0 Å². The monoisotopic (exact) mass is 743 g/mol. The minimum Gasteiger partial charge on any atom is -0.481 e. The Hall–Kier alpha value is -3.46. The van der Waals surface area contributed by atoms with Gasteiger partial charge in [0.2, 0.25) is 5.91 Å². The highest BCUT2D eigenvalue weighted by Crippen LogP contribution is 2.55. The summed E-state index contributed by atoms with van der Waals surface area (Å²) >= 11 is 13.0. The number of carboxylic acid groups (broad SMARTS) is 1. The molecule has 0 aromatic heterocycles. The SMILES string of the molecule is CC(C)(C)[Si](OC[C@H](C1CC1)N1C(=O)[C@@](C)([C@@H](CO)C(=O)O)C[C@H](c2cccc(Cl)c2)[C@H]1c1ccc(Cl)cc1)(c1ccccc1)c1ccccc1. The zero-order valence-electron chi connectivity index (χ0n) is 29.6. The summed E-state index contributed by atoms with van der Waals surface area (Å²) in [6, 6.07) is 35.2. The van der Waals surface area contributed by atoms with Gasteiger partial charge in [0.05, 0.1) is 36.6 Å². The van der Waals surface area contributed by atoms with Gasteiger partial charge < -0.3 is 19.5 Å². The maximum Gasteiger partial charge on any atom is 0.309 e. The molecule has 268 valence electrons. The Morgan fingerprint density at radius 3 is 1.96 bits per heavy atom. The number of carboxylic acids is 1. The maximum atomic E-state index is 15.3. The largest absolute Gasteiger partial charge is 0.481 e. The fourth-order valence-electron chi connectivity index (χ4n) is 8.46. The first kappa shape index (κ1) is 37.3. The Kier molecular flexibility index (Phi) is 10.9. The number of hydrogen-bond donors (Lipinski definition) is 2. The van der Waals surface area contributed by atoms with Crippen molar-refractivity contribution in [3.8, 4) is 0 Å². The molecular formula is C42H47Cl2NO5Si. The summed E-state index contributed by atoms with van der Waals surface area (Å²) in [5.41, 5.74) is 0.378. The number of halogens is 2. The van der Waals surface area contributed by atoms with Gasteiger partial charge in [-0.2, -0.15) is 0 Å². The fraction of sp³-hybridized carbons (Fsp3) is 0.381. The van der Waals surface area contributed by atoms with Crippen molar-refractivity contribution in [2.75, 3.05) is 13.2 Å². The molecule has 1 heterocycles. The van der Waals surface area contributed by atoms with E-state index in [-0.39, 0.29) is 41.9 Å². The highest BCUT2D eigenvalue weighted by molar-refractivity contribution is 6.99. The van der Waals surface area contributed by atoms with Crippen molar-refractivity contribution < 1.29 is 24.2 Å². The number of aliphatic hydroxyl groups excluding tert-OH is 1. The summed E-state index contributed by atoms with van der Waals surface area (Å²) in [5, 5.41) is 24.1. The molecule has 1 aliphatic heterocycles. The molecule has 1 aliphatic carbocycles. The molecule has 0 radical (unpaired) electrons. The molecule has 6 rings (SSSR count). The van der Waals surface area contributed by atoms with E-state index in [1.807, 2.05) is 65.6 Å². The second kappa shape index (κ2) is 14.9. The number of rotatable bonds is 12. The zero-order chi connectivity index (χ0) is 36.6. The van der Waals surface area contributed by atoms with Gasteiger partial charge in [0, 0.05) is 16.0 Å². The van der Waals surface area contributed by atoms with Gasteiger partial charge in [0.25, 0.3) is 8.32 Å². The fourth-order valence-corrected chi connectivity index (χ4v) is 13.4. The Morgan fingerprint density at radius 2 is 1.47 bits per heavy atom. The Morgan fingerprint density at radius 1 is 0.882 bits per heavy atom. The number of likely N-dealkylation sites (tertiary alicyclic amines) is 1. The van der Waals surface area contributed by atoms with Gasteiger partial charge in [-0.05, 0) is 82.9 Å². The first-order valence-electron chi connectivity index (χ1n) is 17.7. The lowest BCUT2D eigenvalue weighted by molar-refractivity contribution is -0.171. The van der Waals surface area contributed by atoms with Crippen LogP contribution in [-0.2, 0) is 14.0 Å². The second-order valence-corrected chi connectivity index (χ2v) is 20.6. The molecule has 1 saturated heterocycles. The zero-order valence-corrected chi connectivity index (χ0v) is 32.1. The molecule has 2 N–H and O–H groups in total.